The molecule has 1 atom stereocenters. The highest BCUT2D eigenvalue weighted by Crippen LogP contribution is 2.42. The molecule has 5 nitrogen and oxygen atoms in total. The van der Waals surface area contributed by atoms with Crippen molar-refractivity contribution < 1.29 is 14.2 Å². The lowest BCUT2D eigenvalue weighted by Gasteiger charge is -2.20. The van der Waals surface area contributed by atoms with Crippen molar-refractivity contribution >= 4 is 35.0 Å². The first-order chi connectivity index (χ1) is 14.0. The van der Waals surface area contributed by atoms with Gasteiger partial charge in [0.2, 0.25) is 5.75 Å². The first kappa shape index (κ1) is 21.7. The molecule has 3 rings (SSSR count). The van der Waals surface area contributed by atoms with Gasteiger partial charge in [0, 0.05) is 40.0 Å². The molecule has 1 heterocycles. The summed E-state index contributed by atoms with van der Waals surface area (Å²) in [4.78, 5) is 4.14. The van der Waals surface area contributed by atoms with Gasteiger partial charge in [0.05, 0.1) is 27.7 Å². The van der Waals surface area contributed by atoms with Gasteiger partial charge in [-0.2, -0.15) is 0 Å². The first-order valence-electron chi connectivity index (χ1n) is 8.87. The topological polar surface area (TPSA) is 45.5 Å². The van der Waals surface area contributed by atoms with E-state index in [-0.39, 0.29) is 5.25 Å². The van der Waals surface area contributed by atoms with Crippen LogP contribution in [0.1, 0.15) is 16.4 Å². The second-order valence-corrected chi connectivity index (χ2v) is 8.29. The van der Waals surface area contributed by atoms with Gasteiger partial charge < -0.3 is 18.8 Å². The molecular formula is C21H22Cl2N2O3S. The number of thioether (sulfide) groups is 1. The van der Waals surface area contributed by atoms with Crippen LogP contribution in [0.15, 0.2) is 49.1 Å². The average Bonchev–Trinajstić information content (AvgIpc) is 3.23. The van der Waals surface area contributed by atoms with E-state index in [0.29, 0.717) is 27.3 Å². The van der Waals surface area contributed by atoms with Crippen LogP contribution in [0.25, 0.3) is 0 Å². The number of hydrogen-bond acceptors (Lipinski definition) is 5. The van der Waals surface area contributed by atoms with Crippen LogP contribution < -0.4 is 14.2 Å². The second-order valence-electron chi connectivity index (χ2n) is 6.26. The number of hydrogen-bond donors (Lipinski definition) is 0. The molecule has 8 heteroatoms. The second kappa shape index (κ2) is 10.1. The Hall–Kier alpha value is -2.02. The monoisotopic (exact) mass is 452 g/mol. The van der Waals surface area contributed by atoms with Crippen LogP contribution in [0.4, 0.5) is 0 Å². The van der Waals surface area contributed by atoms with Crippen LogP contribution in [0.3, 0.4) is 0 Å². The van der Waals surface area contributed by atoms with Crippen molar-refractivity contribution in [1.82, 2.24) is 9.55 Å². The van der Waals surface area contributed by atoms with Crippen molar-refractivity contribution in [3.8, 4) is 17.2 Å². The number of imidazole rings is 1. The van der Waals surface area contributed by atoms with Crippen molar-refractivity contribution in [3.05, 3.63) is 70.2 Å². The Morgan fingerprint density at radius 3 is 2.31 bits per heavy atom. The molecule has 1 unspecified atom stereocenters. The van der Waals surface area contributed by atoms with Gasteiger partial charge in [-0.1, -0.05) is 29.3 Å². The smallest absolute Gasteiger partial charge is 0.203 e. The third-order valence-corrected chi connectivity index (χ3v) is 6.29. The van der Waals surface area contributed by atoms with Gasteiger partial charge in [-0.3, -0.25) is 0 Å². The van der Waals surface area contributed by atoms with Crippen LogP contribution in [-0.4, -0.2) is 30.9 Å². The summed E-state index contributed by atoms with van der Waals surface area (Å²) in [5.41, 5.74) is 2.09. The fourth-order valence-electron chi connectivity index (χ4n) is 3.01. The summed E-state index contributed by atoms with van der Waals surface area (Å²) in [6, 6.07) is 9.55. The highest BCUT2D eigenvalue weighted by molar-refractivity contribution is 7.98. The largest absolute Gasteiger partial charge is 0.493 e. The summed E-state index contributed by atoms with van der Waals surface area (Å²) in [5.74, 6) is 2.59. The SMILES string of the molecule is COc1cc(CSC(Cn2ccnc2)c2ccc(Cl)cc2Cl)cc(OC)c1OC. The Balaban J connectivity index is 1.86. The van der Waals surface area contributed by atoms with Crippen LogP contribution in [0.5, 0.6) is 17.2 Å². The molecule has 0 amide bonds. The van der Waals surface area contributed by atoms with Crippen LogP contribution in [0, 0.1) is 0 Å². The van der Waals surface area contributed by atoms with Crippen molar-refractivity contribution in [2.75, 3.05) is 21.3 Å². The van der Waals surface area contributed by atoms with Crippen molar-refractivity contribution in [1.29, 1.82) is 0 Å². The van der Waals surface area contributed by atoms with E-state index in [1.807, 2.05) is 35.0 Å². The van der Waals surface area contributed by atoms with Crippen molar-refractivity contribution in [3.63, 3.8) is 0 Å². The van der Waals surface area contributed by atoms with Gasteiger partial charge >= 0.3 is 0 Å². The number of halogens is 2. The fraction of sp³-hybridized carbons (Fsp3) is 0.286. The third-order valence-electron chi connectivity index (χ3n) is 4.42. The Bertz CT molecular complexity index is 926. The average molecular weight is 453 g/mol. The molecule has 0 fully saturated rings. The lowest BCUT2D eigenvalue weighted by molar-refractivity contribution is 0.324. The molecule has 0 saturated heterocycles. The van der Waals surface area contributed by atoms with Gasteiger partial charge in [0.1, 0.15) is 0 Å². The molecule has 1 aromatic heterocycles. The molecule has 0 aliphatic rings. The molecule has 0 aliphatic heterocycles. The Morgan fingerprint density at radius 1 is 1.03 bits per heavy atom. The zero-order valence-electron chi connectivity index (χ0n) is 16.4. The summed E-state index contributed by atoms with van der Waals surface area (Å²) in [6.07, 6.45) is 5.51. The Kier molecular flexibility index (Phi) is 7.58. The molecule has 0 bridgehead atoms. The standard InChI is InChI=1S/C21H22Cl2N2O3S/c1-26-18-8-14(9-19(27-2)21(18)28-3)12-29-20(11-25-7-6-24-13-25)16-5-4-15(22)10-17(16)23/h4-10,13,20H,11-12H2,1-3H3. The normalized spacial score (nSPS) is 11.9. The maximum atomic E-state index is 6.50. The molecule has 29 heavy (non-hydrogen) atoms. The number of rotatable bonds is 9. The maximum absolute atomic E-state index is 6.50. The minimum absolute atomic E-state index is 0.105. The highest BCUT2D eigenvalue weighted by atomic mass is 35.5. The van der Waals surface area contributed by atoms with E-state index in [9.17, 15) is 0 Å². The number of ether oxygens (including phenoxy) is 3. The summed E-state index contributed by atoms with van der Waals surface area (Å²) in [7, 11) is 4.82. The van der Waals surface area contributed by atoms with Crippen molar-refractivity contribution in [2.24, 2.45) is 0 Å². The van der Waals surface area contributed by atoms with Crippen molar-refractivity contribution in [2.45, 2.75) is 17.5 Å². The molecular weight excluding hydrogens is 431 g/mol. The van der Waals surface area contributed by atoms with Crippen LogP contribution in [-0.2, 0) is 12.3 Å². The highest BCUT2D eigenvalue weighted by Gasteiger charge is 2.19. The van der Waals surface area contributed by atoms with Gasteiger partial charge in [-0.05, 0) is 35.4 Å². The number of benzene rings is 2. The van der Waals surface area contributed by atoms with E-state index in [2.05, 4.69) is 4.98 Å². The minimum Gasteiger partial charge on any atom is -0.493 e. The van der Waals surface area contributed by atoms with E-state index in [1.54, 1.807) is 51.7 Å². The Labute approximate surface area is 184 Å². The molecule has 0 spiro atoms. The molecule has 0 aliphatic carbocycles. The number of nitrogens with zero attached hydrogens (tertiary/aromatic N) is 2. The zero-order valence-corrected chi connectivity index (χ0v) is 18.7. The summed E-state index contributed by atoms with van der Waals surface area (Å²) >= 11 is 14.4. The van der Waals surface area contributed by atoms with Gasteiger partial charge in [-0.25, -0.2) is 4.98 Å². The number of methoxy groups -OCH3 is 3. The van der Waals surface area contributed by atoms with E-state index in [1.165, 1.54) is 0 Å². The predicted molar refractivity (Wildman–Crippen MR) is 119 cm³/mol. The summed E-state index contributed by atoms with van der Waals surface area (Å²) in [5, 5.41) is 1.38. The quantitative estimate of drug-likeness (QED) is 0.404. The number of aromatic nitrogens is 2. The lowest BCUT2D eigenvalue weighted by atomic mass is 10.1. The van der Waals surface area contributed by atoms with Crippen LogP contribution >= 0.6 is 35.0 Å². The molecule has 0 saturated carbocycles. The van der Waals surface area contributed by atoms with Gasteiger partial charge in [0.15, 0.2) is 11.5 Å². The zero-order chi connectivity index (χ0) is 20.8. The lowest BCUT2D eigenvalue weighted by Crippen LogP contribution is -2.06. The fourth-order valence-corrected chi connectivity index (χ4v) is 4.83. The first-order valence-corrected chi connectivity index (χ1v) is 10.7. The minimum atomic E-state index is 0.105. The van der Waals surface area contributed by atoms with E-state index in [4.69, 9.17) is 37.4 Å². The molecule has 154 valence electrons. The molecule has 3 aromatic rings. The van der Waals surface area contributed by atoms with Crippen LogP contribution in [0.2, 0.25) is 10.0 Å². The van der Waals surface area contributed by atoms with E-state index in [0.717, 1.165) is 23.4 Å². The molecule has 0 radical (unpaired) electrons. The molecule has 0 N–H and O–H groups in total. The maximum Gasteiger partial charge on any atom is 0.203 e. The Morgan fingerprint density at radius 2 is 1.76 bits per heavy atom. The summed E-state index contributed by atoms with van der Waals surface area (Å²) in [6.45, 7) is 0.733. The third kappa shape index (κ3) is 5.32. The van der Waals surface area contributed by atoms with Gasteiger partial charge in [-0.15, -0.1) is 11.8 Å². The molecule has 2 aromatic carbocycles. The van der Waals surface area contributed by atoms with Gasteiger partial charge in [0.25, 0.3) is 0 Å². The summed E-state index contributed by atoms with van der Waals surface area (Å²) < 4.78 is 18.4. The van der Waals surface area contributed by atoms with E-state index < -0.39 is 0 Å². The predicted octanol–water partition coefficient (Wildman–Crippen LogP) is 5.89. The van der Waals surface area contributed by atoms with E-state index >= 15 is 0 Å².